The molecule has 1 heteroatoms. The van der Waals surface area contributed by atoms with E-state index in [-0.39, 0.29) is 5.41 Å². The van der Waals surface area contributed by atoms with Crippen molar-refractivity contribution in [3.05, 3.63) is 65.2 Å². The number of anilines is 1. The lowest BCUT2D eigenvalue weighted by Crippen LogP contribution is -2.25. The molecule has 1 heterocycles. The van der Waals surface area contributed by atoms with Crippen LogP contribution in [0.5, 0.6) is 0 Å². The molecular weight excluding hydrogens is 254 g/mol. The molecule has 1 aliphatic heterocycles. The van der Waals surface area contributed by atoms with Crippen molar-refractivity contribution in [3.8, 4) is 0 Å². The molecule has 2 atom stereocenters. The van der Waals surface area contributed by atoms with Crippen molar-refractivity contribution in [2.45, 2.75) is 51.5 Å². The van der Waals surface area contributed by atoms with Crippen molar-refractivity contribution in [2.24, 2.45) is 0 Å². The molecule has 1 nitrogen and oxygen atoms in total. The monoisotopic (exact) mass is 279 g/mol. The van der Waals surface area contributed by atoms with Crippen LogP contribution >= 0.6 is 0 Å². The van der Waals surface area contributed by atoms with Gasteiger partial charge >= 0.3 is 0 Å². The van der Waals surface area contributed by atoms with E-state index in [1.807, 2.05) is 0 Å². The van der Waals surface area contributed by atoms with Crippen LogP contribution in [0.4, 0.5) is 5.69 Å². The van der Waals surface area contributed by atoms with Crippen LogP contribution in [0.15, 0.2) is 48.5 Å². The van der Waals surface area contributed by atoms with E-state index in [0.29, 0.717) is 12.0 Å². The molecule has 3 rings (SSSR count). The van der Waals surface area contributed by atoms with Crippen LogP contribution in [-0.4, -0.2) is 6.04 Å². The van der Waals surface area contributed by atoms with Gasteiger partial charge in [-0.15, -0.1) is 0 Å². The first-order chi connectivity index (χ1) is 9.95. The van der Waals surface area contributed by atoms with Gasteiger partial charge in [0.1, 0.15) is 0 Å². The highest BCUT2D eigenvalue weighted by molar-refractivity contribution is 5.58. The zero-order valence-corrected chi connectivity index (χ0v) is 13.5. The zero-order chi connectivity index (χ0) is 15.0. The third-order valence-corrected chi connectivity index (χ3v) is 4.51. The third-order valence-electron chi connectivity index (χ3n) is 4.51. The lowest BCUT2D eigenvalue weighted by atomic mass is 9.80. The van der Waals surface area contributed by atoms with Gasteiger partial charge in [-0.1, -0.05) is 63.2 Å². The lowest BCUT2D eigenvalue weighted by Gasteiger charge is -2.32. The molecule has 0 aromatic heterocycles. The van der Waals surface area contributed by atoms with E-state index in [2.05, 4.69) is 81.5 Å². The predicted molar refractivity (Wildman–Crippen MR) is 91.1 cm³/mol. The van der Waals surface area contributed by atoms with Crippen LogP contribution in [-0.2, 0) is 5.41 Å². The molecule has 2 aromatic carbocycles. The number of hydrogen-bond acceptors (Lipinski definition) is 1. The lowest BCUT2D eigenvalue weighted by molar-refractivity contribution is 0.587. The van der Waals surface area contributed by atoms with Crippen molar-refractivity contribution < 1.29 is 0 Å². The minimum absolute atomic E-state index is 0.220. The summed E-state index contributed by atoms with van der Waals surface area (Å²) in [4.78, 5) is 0. The molecule has 1 aliphatic rings. The first-order valence-corrected chi connectivity index (χ1v) is 7.91. The smallest absolute Gasteiger partial charge is 0.0381 e. The maximum atomic E-state index is 3.60. The Hall–Kier alpha value is -1.76. The van der Waals surface area contributed by atoms with Crippen LogP contribution in [0.25, 0.3) is 0 Å². The summed E-state index contributed by atoms with van der Waals surface area (Å²) in [5, 5.41) is 3.60. The summed E-state index contributed by atoms with van der Waals surface area (Å²) < 4.78 is 0. The van der Waals surface area contributed by atoms with E-state index in [9.17, 15) is 0 Å². The minimum atomic E-state index is 0.220. The summed E-state index contributed by atoms with van der Waals surface area (Å²) in [6.45, 7) is 9.07. The molecule has 0 radical (unpaired) electrons. The summed E-state index contributed by atoms with van der Waals surface area (Å²) in [7, 11) is 0. The molecule has 0 aliphatic carbocycles. The van der Waals surface area contributed by atoms with Gasteiger partial charge in [-0.05, 0) is 41.5 Å². The molecule has 2 aromatic rings. The Balaban J connectivity index is 1.97. The van der Waals surface area contributed by atoms with E-state index in [1.165, 1.54) is 22.4 Å². The second-order valence-corrected chi connectivity index (χ2v) is 7.29. The van der Waals surface area contributed by atoms with Gasteiger partial charge in [0.25, 0.3) is 0 Å². The third kappa shape index (κ3) is 2.83. The van der Waals surface area contributed by atoms with Crippen LogP contribution in [0.1, 0.15) is 56.7 Å². The number of benzene rings is 2. The fourth-order valence-electron chi connectivity index (χ4n) is 3.27. The van der Waals surface area contributed by atoms with Gasteiger partial charge in [-0.25, -0.2) is 0 Å². The molecule has 2 unspecified atom stereocenters. The molecule has 21 heavy (non-hydrogen) atoms. The SMILES string of the molecule is CC1CC(c2ccc(C(C)(C)C)cc2)c2ccccc2N1. The summed E-state index contributed by atoms with van der Waals surface area (Å²) in [6, 6.07) is 18.5. The Morgan fingerprint density at radius 1 is 0.952 bits per heavy atom. The Labute approximate surface area is 128 Å². The maximum Gasteiger partial charge on any atom is 0.0381 e. The normalized spacial score (nSPS) is 21.5. The molecule has 0 amide bonds. The van der Waals surface area contributed by atoms with Gasteiger partial charge in [-0.2, -0.15) is 0 Å². The average molecular weight is 279 g/mol. The largest absolute Gasteiger partial charge is 0.382 e. The first kappa shape index (κ1) is 14.2. The van der Waals surface area contributed by atoms with Gasteiger partial charge in [0.15, 0.2) is 0 Å². The number of rotatable bonds is 1. The van der Waals surface area contributed by atoms with E-state index in [1.54, 1.807) is 0 Å². The Morgan fingerprint density at radius 3 is 2.29 bits per heavy atom. The topological polar surface area (TPSA) is 12.0 Å². The van der Waals surface area contributed by atoms with Crippen LogP contribution in [0, 0.1) is 0 Å². The highest BCUT2D eigenvalue weighted by Gasteiger charge is 2.25. The Kier molecular flexibility index (Phi) is 3.52. The van der Waals surface area contributed by atoms with E-state index in [0.717, 1.165) is 6.42 Å². The Bertz CT molecular complexity index is 619. The summed E-state index contributed by atoms with van der Waals surface area (Å²) >= 11 is 0. The van der Waals surface area contributed by atoms with Crippen LogP contribution in [0.2, 0.25) is 0 Å². The van der Waals surface area contributed by atoms with E-state index >= 15 is 0 Å². The quantitative estimate of drug-likeness (QED) is 0.745. The predicted octanol–water partition coefficient (Wildman–Crippen LogP) is 5.32. The molecular formula is C20H25N. The van der Waals surface area contributed by atoms with Crippen molar-refractivity contribution >= 4 is 5.69 Å². The first-order valence-electron chi connectivity index (χ1n) is 7.91. The van der Waals surface area contributed by atoms with Gasteiger partial charge < -0.3 is 5.32 Å². The highest BCUT2D eigenvalue weighted by atomic mass is 14.9. The van der Waals surface area contributed by atoms with Crippen molar-refractivity contribution in [1.82, 2.24) is 0 Å². The molecule has 0 bridgehead atoms. The molecule has 0 spiro atoms. The molecule has 0 saturated carbocycles. The molecule has 1 N–H and O–H groups in total. The number of nitrogens with one attached hydrogen (secondary N) is 1. The number of hydrogen-bond donors (Lipinski definition) is 1. The van der Waals surface area contributed by atoms with Crippen molar-refractivity contribution in [3.63, 3.8) is 0 Å². The van der Waals surface area contributed by atoms with E-state index < -0.39 is 0 Å². The molecule has 110 valence electrons. The fourth-order valence-corrected chi connectivity index (χ4v) is 3.27. The number of fused-ring (bicyclic) bond motifs is 1. The fraction of sp³-hybridized carbons (Fsp3) is 0.400. The van der Waals surface area contributed by atoms with Crippen molar-refractivity contribution in [1.29, 1.82) is 0 Å². The summed E-state index contributed by atoms with van der Waals surface area (Å²) in [6.07, 6.45) is 1.16. The van der Waals surface area contributed by atoms with Gasteiger partial charge in [0.05, 0.1) is 0 Å². The molecule has 0 saturated heterocycles. The van der Waals surface area contributed by atoms with Crippen LogP contribution < -0.4 is 5.32 Å². The van der Waals surface area contributed by atoms with Crippen LogP contribution in [0.3, 0.4) is 0 Å². The van der Waals surface area contributed by atoms with Gasteiger partial charge in [-0.3, -0.25) is 0 Å². The Morgan fingerprint density at radius 2 is 1.62 bits per heavy atom. The summed E-state index contributed by atoms with van der Waals surface area (Å²) in [5.74, 6) is 0.506. The average Bonchev–Trinajstić information content (AvgIpc) is 2.45. The molecule has 0 fully saturated rings. The highest BCUT2D eigenvalue weighted by Crippen LogP contribution is 2.39. The van der Waals surface area contributed by atoms with Crippen molar-refractivity contribution in [2.75, 3.05) is 5.32 Å². The second-order valence-electron chi connectivity index (χ2n) is 7.29. The van der Waals surface area contributed by atoms with Gasteiger partial charge in [0.2, 0.25) is 0 Å². The second kappa shape index (κ2) is 5.22. The standard InChI is InChI=1S/C20H25N/c1-14-13-18(17-7-5-6-8-19(17)21-14)15-9-11-16(12-10-15)20(2,3)4/h5-12,14,18,21H,13H2,1-4H3. The van der Waals surface area contributed by atoms with Gasteiger partial charge in [0, 0.05) is 17.6 Å². The zero-order valence-electron chi connectivity index (χ0n) is 13.5. The maximum absolute atomic E-state index is 3.60. The number of para-hydroxylation sites is 1. The summed E-state index contributed by atoms with van der Waals surface area (Å²) in [5.41, 5.74) is 5.78. The minimum Gasteiger partial charge on any atom is -0.382 e. The van der Waals surface area contributed by atoms with E-state index in [4.69, 9.17) is 0 Å².